The molecule has 0 fully saturated rings. The molecule has 0 aliphatic rings. The van der Waals surface area contributed by atoms with E-state index < -0.39 is 29.3 Å². The Morgan fingerprint density at radius 3 is 1.67 bits per heavy atom. The summed E-state index contributed by atoms with van der Waals surface area (Å²) in [5.41, 5.74) is 0. The summed E-state index contributed by atoms with van der Waals surface area (Å²) in [5, 5.41) is 0. The number of hydrogen-bond donors (Lipinski definition) is 0. The van der Waals surface area contributed by atoms with E-state index in [2.05, 4.69) is 11.1 Å². The molecule has 3 unspecified atom stereocenters. The predicted octanol–water partition coefficient (Wildman–Crippen LogP) is 1.48. The fourth-order valence-corrected chi connectivity index (χ4v) is 3.02. The van der Waals surface area contributed by atoms with Gasteiger partial charge in [0.1, 0.15) is 0 Å². The van der Waals surface area contributed by atoms with Gasteiger partial charge in [-0.3, -0.25) is 0 Å². The smallest absolute Gasteiger partial charge is 0.725 e. The molecule has 7 nitrogen and oxygen atoms in total. The molecule has 0 bridgehead atoms. The van der Waals surface area contributed by atoms with Crippen LogP contribution in [0.5, 0.6) is 0 Å². The average Bonchev–Trinajstić information content (AvgIpc) is 2.50. The van der Waals surface area contributed by atoms with E-state index in [1.807, 2.05) is 0 Å². The van der Waals surface area contributed by atoms with Crippen LogP contribution in [0.25, 0.3) is 0 Å². The first-order valence-electron chi connectivity index (χ1n) is 9.81. The first kappa shape index (κ1) is 29.9. The fraction of sp³-hybridized carbons (Fsp3) is 1.00. The Morgan fingerprint density at radius 1 is 0.741 bits per heavy atom. The Bertz CT molecular complexity index is 420. The Morgan fingerprint density at radius 2 is 1.19 bits per heavy atom. The molecule has 27 heavy (non-hydrogen) atoms. The molecular weight excluding hydrogens is 383 g/mol. The van der Waals surface area contributed by atoms with Crippen molar-refractivity contribution in [1.82, 2.24) is 0 Å². The van der Waals surface area contributed by atoms with Crippen LogP contribution >= 0.6 is 0 Å². The number of rotatable bonds is 18. The molecule has 0 spiro atoms. The molecule has 0 aliphatic carbocycles. The molecule has 0 radical (unpaired) electrons. The fourth-order valence-electron chi connectivity index (χ4n) is 2.64. The number of ether oxygens (including phenoxy) is 3. The van der Waals surface area contributed by atoms with E-state index in [4.69, 9.17) is 14.2 Å². The first-order valence-corrected chi connectivity index (χ1v) is 11.1. The molecular formula is C18H37NaO7S. The maximum Gasteiger partial charge on any atom is 1.00 e. The topological polar surface area (TPSA) is 94.1 Å². The predicted molar refractivity (Wildman–Crippen MR) is 99.1 cm³/mol. The van der Waals surface area contributed by atoms with E-state index in [1.54, 1.807) is 13.8 Å². The van der Waals surface area contributed by atoms with Crippen molar-refractivity contribution in [3.05, 3.63) is 0 Å². The van der Waals surface area contributed by atoms with Crippen molar-refractivity contribution in [3.8, 4) is 0 Å². The molecule has 0 saturated heterocycles. The van der Waals surface area contributed by atoms with Crippen LogP contribution in [-0.4, -0.2) is 38.4 Å². The van der Waals surface area contributed by atoms with Crippen LogP contribution < -0.4 is 29.6 Å². The van der Waals surface area contributed by atoms with Gasteiger partial charge in [0.25, 0.3) is 0 Å². The number of unbranched alkanes of at least 4 members (excludes halogenated alkanes) is 9. The van der Waals surface area contributed by atoms with Gasteiger partial charge in [0.15, 0.2) is 18.9 Å². The SMILES string of the molecule is CCCCCCCCCCCCOC(C)OC(C)OC(C)OS(=O)(=O)[O-].[Na+]. The first-order chi connectivity index (χ1) is 12.2. The normalized spacial score (nSPS) is 15.1. The Labute approximate surface area is 188 Å². The van der Waals surface area contributed by atoms with E-state index in [-0.39, 0.29) is 29.6 Å². The monoisotopic (exact) mass is 420 g/mol. The zero-order valence-electron chi connectivity index (χ0n) is 17.8. The van der Waals surface area contributed by atoms with Gasteiger partial charge in [-0.25, -0.2) is 12.6 Å². The molecule has 9 heteroatoms. The van der Waals surface area contributed by atoms with Crippen LogP contribution in [0.1, 0.15) is 91.9 Å². The van der Waals surface area contributed by atoms with Crippen molar-refractivity contribution < 1.29 is 60.9 Å². The summed E-state index contributed by atoms with van der Waals surface area (Å²) in [5.74, 6) is 0. The third-order valence-electron chi connectivity index (χ3n) is 3.87. The van der Waals surface area contributed by atoms with Crippen molar-refractivity contribution in [2.75, 3.05) is 6.61 Å². The van der Waals surface area contributed by atoms with Gasteiger partial charge in [-0.2, -0.15) is 0 Å². The van der Waals surface area contributed by atoms with Crippen LogP contribution in [0.15, 0.2) is 0 Å². The van der Waals surface area contributed by atoms with E-state index in [0.29, 0.717) is 6.61 Å². The van der Waals surface area contributed by atoms with E-state index >= 15 is 0 Å². The molecule has 0 amide bonds. The largest absolute Gasteiger partial charge is 1.00 e. The van der Waals surface area contributed by atoms with Gasteiger partial charge in [-0.05, 0) is 27.2 Å². The second kappa shape index (κ2) is 18.8. The Kier molecular flexibility index (Phi) is 20.8. The molecule has 0 N–H and O–H groups in total. The standard InChI is InChI=1S/C18H38O7S.Na/c1-5-6-7-8-9-10-11-12-13-14-15-22-16(2)23-17(3)24-18(4)25-26(19,20)21;/h16-18H,5-15H2,1-4H3,(H,19,20,21);/q;+1/p-1. The Balaban J connectivity index is 0. The van der Waals surface area contributed by atoms with Gasteiger partial charge < -0.3 is 18.8 Å². The van der Waals surface area contributed by atoms with Gasteiger partial charge in [0, 0.05) is 6.61 Å². The van der Waals surface area contributed by atoms with Crippen molar-refractivity contribution >= 4 is 10.4 Å². The van der Waals surface area contributed by atoms with Crippen molar-refractivity contribution in [1.29, 1.82) is 0 Å². The van der Waals surface area contributed by atoms with Crippen molar-refractivity contribution in [2.45, 2.75) is 111 Å². The third kappa shape index (κ3) is 22.9. The van der Waals surface area contributed by atoms with Gasteiger partial charge in [-0.1, -0.05) is 64.7 Å². The van der Waals surface area contributed by atoms with Gasteiger partial charge >= 0.3 is 29.6 Å². The van der Waals surface area contributed by atoms with E-state index in [9.17, 15) is 13.0 Å². The summed E-state index contributed by atoms with van der Waals surface area (Å²) in [6.45, 7) is 7.47. The van der Waals surface area contributed by atoms with Crippen LogP contribution in [0.3, 0.4) is 0 Å². The second-order valence-electron chi connectivity index (χ2n) is 6.53. The molecule has 0 heterocycles. The molecule has 0 aromatic carbocycles. The molecule has 3 atom stereocenters. The quantitative estimate of drug-likeness (QED) is 0.109. The summed E-state index contributed by atoms with van der Waals surface area (Å²) >= 11 is 0. The zero-order valence-corrected chi connectivity index (χ0v) is 20.6. The van der Waals surface area contributed by atoms with Crippen molar-refractivity contribution in [3.63, 3.8) is 0 Å². The molecule has 0 aliphatic heterocycles. The third-order valence-corrected chi connectivity index (χ3v) is 4.38. The van der Waals surface area contributed by atoms with Gasteiger partial charge in [0.2, 0.25) is 10.4 Å². The van der Waals surface area contributed by atoms with Crippen LogP contribution in [0.4, 0.5) is 0 Å². The number of hydrogen-bond acceptors (Lipinski definition) is 7. The minimum Gasteiger partial charge on any atom is -0.725 e. The minimum absolute atomic E-state index is 0. The summed E-state index contributed by atoms with van der Waals surface area (Å²) in [4.78, 5) is 0. The molecule has 0 saturated carbocycles. The summed E-state index contributed by atoms with van der Waals surface area (Å²) in [7, 11) is -4.79. The zero-order chi connectivity index (χ0) is 19.8. The molecule has 0 rings (SSSR count). The Hall–Kier alpha value is 0.750. The van der Waals surface area contributed by atoms with Gasteiger partial charge in [0.05, 0.1) is 0 Å². The molecule has 0 aromatic rings. The molecule has 0 aromatic heterocycles. The van der Waals surface area contributed by atoms with E-state index in [0.717, 1.165) is 12.8 Å². The van der Waals surface area contributed by atoms with E-state index in [1.165, 1.54) is 58.3 Å². The summed E-state index contributed by atoms with van der Waals surface area (Å²) in [6.07, 6.45) is 10.2. The van der Waals surface area contributed by atoms with Gasteiger partial charge in [-0.15, -0.1) is 0 Å². The van der Waals surface area contributed by atoms with Crippen LogP contribution in [0.2, 0.25) is 0 Å². The maximum atomic E-state index is 10.4. The molecule has 158 valence electrons. The minimum atomic E-state index is -4.79. The summed E-state index contributed by atoms with van der Waals surface area (Å²) < 4.78 is 51.5. The summed E-state index contributed by atoms with van der Waals surface area (Å²) in [6, 6.07) is 0. The van der Waals surface area contributed by atoms with Crippen molar-refractivity contribution in [2.24, 2.45) is 0 Å². The average molecular weight is 421 g/mol. The van der Waals surface area contributed by atoms with Crippen LogP contribution in [0, 0.1) is 0 Å². The second-order valence-corrected chi connectivity index (χ2v) is 7.54. The van der Waals surface area contributed by atoms with Crippen LogP contribution in [-0.2, 0) is 28.8 Å². The maximum absolute atomic E-state index is 10.4.